The first-order chi connectivity index (χ1) is 6.04. The van der Waals surface area contributed by atoms with Gasteiger partial charge in [0.25, 0.3) is 0 Å². The van der Waals surface area contributed by atoms with Crippen LogP contribution >= 0.6 is 0 Å². The third-order valence-electron chi connectivity index (χ3n) is 1.17. The molecule has 0 bridgehead atoms. The molecule has 1 radical (unpaired) electrons. The van der Waals surface area contributed by atoms with Crippen molar-refractivity contribution in [2.24, 2.45) is 0 Å². The number of carbonyl (C=O) groups is 2. The van der Waals surface area contributed by atoms with Gasteiger partial charge in [0.15, 0.2) is 0 Å². The van der Waals surface area contributed by atoms with Crippen LogP contribution in [-0.4, -0.2) is 25.2 Å². The van der Waals surface area contributed by atoms with Gasteiger partial charge in [0, 0.05) is 12.1 Å². The first kappa shape index (κ1) is 11.5. The Balaban J connectivity index is 3.31. The molecule has 1 N–H and O–H groups in total. The molecule has 0 aliphatic heterocycles. The van der Waals surface area contributed by atoms with E-state index in [1.54, 1.807) is 6.92 Å². The van der Waals surface area contributed by atoms with Crippen LogP contribution in [0.15, 0.2) is 12.2 Å². The second-order valence-corrected chi connectivity index (χ2v) is 2.48. The van der Waals surface area contributed by atoms with E-state index < -0.39 is 12.1 Å². The van der Waals surface area contributed by atoms with Gasteiger partial charge in [0.2, 0.25) is 0 Å². The standard InChI is InChI=1S/C8H12NO4/c1-6(2)7(10)13-5-3-4-9-8(11)12/h9H,1,3-5H2,2H3. The molecule has 0 rings (SSSR count). The fraction of sp³-hybridized carbons (Fsp3) is 0.500. The molecule has 0 heterocycles. The molecule has 5 nitrogen and oxygen atoms in total. The Labute approximate surface area is 76.4 Å². The lowest BCUT2D eigenvalue weighted by Gasteiger charge is -2.03. The Morgan fingerprint density at radius 1 is 1.46 bits per heavy atom. The zero-order chi connectivity index (χ0) is 10.3. The van der Waals surface area contributed by atoms with E-state index in [0.29, 0.717) is 12.0 Å². The maximum Gasteiger partial charge on any atom is 0.450 e. The zero-order valence-corrected chi connectivity index (χ0v) is 7.46. The van der Waals surface area contributed by atoms with E-state index >= 15 is 0 Å². The van der Waals surface area contributed by atoms with Crippen LogP contribution in [0.3, 0.4) is 0 Å². The maximum atomic E-state index is 10.8. The minimum absolute atomic E-state index is 0.173. The van der Waals surface area contributed by atoms with Crippen molar-refractivity contribution in [3.8, 4) is 0 Å². The van der Waals surface area contributed by atoms with E-state index in [0.717, 1.165) is 0 Å². The first-order valence-electron chi connectivity index (χ1n) is 3.81. The number of amides is 1. The SMILES string of the molecule is C=C(C)C(=O)OCCCNC([O])=O. The second kappa shape index (κ2) is 6.05. The van der Waals surface area contributed by atoms with Crippen molar-refractivity contribution in [3.63, 3.8) is 0 Å². The maximum absolute atomic E-state index is 10.8. The molecule has 13 heavy (non-hydrogen) atoms. The molecule has 0 saturated carbocycles. The topological polar surface area (TPSA) is 75.3 Å². The summed E-state index contributed by atoms with van der Waals surface area (Å²) in [6, 6.07) is 0. The van der Waals surface area contributed by atoms with Crippen molar-refractivity contribution in [1.29, 1.82) is 0 Å². The van der Waals surface area contributed by atoms with E-state index in [4.69, 9.17) is 4.74 Å². The van der Waals surface area contributed by atoms with E-state index in [9.17, 15) is 14.7 Å². The molecule has 0 aliphatic rings. The van der Waals surface area contributed by atoms with Crippen LogP contribution in [0.1, 0.15) is 13.3 Å². The molecule has 0 spiro atoms. The number of esters is 1. The summed E-state index contributed by atoms with van der Waals surface area (Å²) >= 11 is 0. The highest BCUT2D eigenvalue weighted by molar-refractivity contribution is 5.86. The van der Waals surface area contributed by atoms with Crippen molar-refractivity contribution >= 4 is 12.1 Å². The Bertz CT molecular complexity index is 212. The predicted octanol–water partition coefficient (Wildman–Crippen LogP) is 0.636. The van der Waals surface area contributed by atoms with Crippen molar-refractivity contribution in [2.45, 2.75) is 13.3 Å². The van der Waals surface area contributed by atoms with Crippen LogP contribution in [0.4, 0.5) is 4.79 Å². The van der Waals surface area contributed by atoms with Crippen LogP contribution in [0.5, 0.6) is 0 Å². The van der Waals surface area contributed by atoms with Gasteiger partial charge in [-0.25, -0.2) is 14.7 Å². The highest BCUT2D eigenvalue weighted by Gasteiger charge is 2.02. The van der Waals surface area contributed by atoms with Gasteiger partial charge in [-0.2, -0.15) is 0 Å². The highest BCUT2D eigenvalue weighted by Crippen LogP contribution is 1.92. The van der Waals surface area contributed by atoms with Gasteiger partial charge in [-0.15, -0.1) is 0 Å². The lowest BCUT2D eigenvalue weighted by Crippen LogP contribution is -2.22. The molecule has 0 unspecified atom stereocenters. The van der Waals surface area contributed by atoms with Crippen molar-refractivity contribution in [2.75, 3.05) is 13.2 Å². The fourth-order valence-electron chi connectivity index (χ4n) is 0.551. The van der Waals surface area contributed by atoms with Gasteiger partial charge in [0.1, 0.15) is 0 Å². The average Bonchev–Trinajstić information content (AvgIpc) is 2.02. The largest absolute Gasteiger partial charge is 0.462 e. The van der Waals surface area contributed by atoms with Crippen LogP contribution < -0.4 is 5.32 Å². The molecular formula is C8H12NO4. The number of hydrogen-bond acceptors (Lipinski definition) is 3. The van der Waals surface area contributed by atoms with Gasteiger partial charge >= 0.3 is 12.1 Å². The molecule has 1 amide bonds. The molecule has 5 heteroatoms. The van der Waals surface area contributed by atoms with Crippen molar-refractivity contribution < 1.29 is 19.4 Å². The monoisotopic (exact) mass is 186 g/mol. The summed E-state index contributed by atoms with van der Waals surface area (Å²) in [5.74, 6) is -0.464. The van der Waals surface area contributed by atoms with Crippen LogP contribution in [0, 0.1) is 0 Å². The second-order valence-electron chi connectivity index (χ2n) is 2.48. The Morgan fingerprint density at radius 2 is 2.08 bits per heavy atom. The zero-order valence-electron chi connectivity index (χ0n) is 7.46. The van der Waals surface area contributed by atoms with Crippen molar-refractivity contribution in [1.82, 2.24) is 5.32 Å². The summed E-state index contributed by atoms with van der Waals surface area (Å²) in [5, 5.41) is 11.9. The number of carbonyl (C=O) groups excluding carboxylic acids is 2. The van der Waals surface area contributed by atoms with Gasteiger partial charge in [-0.3, -0.25) is 0 Å². The summed E-state index contributed by atoms with van der Waals surface area (Å²) in [4.78, 5) is 20.6. The molecular weight excluding hydrogens is 174 g/mol. The van der Waals surface area contributed by atoms with Gasteiger partial charge in [-0.1, -0.05) is 6.58 Å². The quantitative estimate of drug-likeness (QED) is 0.389. The average molecular weight is 186 g/mol. The molecule has 0 aromatic rings. The molecule has 0 fully saturated rings. The minimum Gasteiger partial charge on any atom is -0.462 e. The van der Waals surface area contributed by atoms with Crippen molar-refractivity contribution in [3.05, 3.63) is 12.2 Å². The molecule has 0 saturated heterocycles. The van der Waals surface area contributed by atoms with E-state index in [1.165, 1.54) is 0 Å². The van der Waals surface area contributed by atoms with E-state index in [-0.39, 0.29) is 13.2 Å². The third kappa shape index (κ3) is 6.86. The molecule has 0 atom stereocenters. The normalized spacial score (nSPS) is 9.00. The Morgan fingerprint density at radius 3 is 2.54 bits per heavy atom. The smallest absolute Gasteiger partial charge is 0.450 e. The van der Waals surface area contributed by atoms with Crippen LogP contribution in [0.2, 0.25) is 0 Å². The number of ether oxygens (including phenoxy) is 1. The van der Waals surface area contributed by atoms with Crippen LogP contribution in [0.25, 0.3) is 0 Å². The van der Waals surface area contributed by atoms with Gasteiger partial charge in [0.05, 0.1) is 6.61 Å². The third-order valence-corrected chi connectivity index (χ3v) is 1.17. The lowest BCUT2D eigenvalue weighted by molar-refractivity contribution is -0.138. The van der Waals surface area contributed by atoms with Crippen LogP contribution in [-0.2, 0) is 14.6 Å². The number of nitrogens with one attached hydrogen (secondary N) is 1. The summed E-state index contributed by atoms with van der Waals surface area (Å²) in [6.45, 7) is 5.32. The highest BCUT2D eigenvalue weighted by atomic mass is 16.5. The van der Waals surface area contributed by atoms with E-state index in [1.807, 2.05) is 5.32 Å². The fourth-order valence-corrected chi connectivity index (χ4v) is 0.551. The summed E-state index contributed by atoms with van der Waals surface area (Å²) < 4.78 is 4.69. The Hall–Kier alpha value is -1.52. The van der Waals surface area contributed by atoms with Gasteiger partial charge < -0.3 is 10.1 Å². The van der Waals surface area contributed by atoms with E-state index in [2.05, 4.69) is 6.58 Å². The van der Waals surface area contributed by atoms with Gasteiger partial charge in [-0.05, 0) is 13.3 Å². The minimum atomic E-state index is -1.33. The summed E-state index contributed by atoms with van der Waals surface area (Å²) in [7, 11) is 0. The molecule has 0 aromatic carbocycles. The predicted molar refractivity (Wildman–Crippen MR) is 44.5 cm³/mol. The lowest BCUT2D eigenvalue weighted by atomic mass is 10.3. The summed E-state index contributed by atoms with van der Waals surface area (Å²) in [5.41, 5.74) is 0.327. The number of hydrogen-bond donors (Lipinski definition) is 1. The Kier molecular flexibility index (Phi) is 5.34. The molecule has 0 aliphatic carbocycles. The summed E-state index contributed by atoms with van der Waals surface area (Å²) in [6.07, 6.45) is -0.904. The number of rotatable bonds is 5. The first-order valence-corrected chi connectivity index (χ1v) is 3.81. The molecule has 0 aromatic heterocycles. The molecule has 73 valence electrons.